The van der Waals surface area contributed by atoms with Gasteiger partial charge in [0.05, 0.1) is 11.4 Å². The Labute approximate surface area is 144 Å². The fourth-order valence-corrected chi connectivity index (χ4v) is 3.54. The first kappa shape index (κ1) is 16.6. The van der Waals surface area contributed by atoms with E-state index in [1.807, 2.05) is 18.2 Å². The summed E-state index contributed by atoms with van der Waals surface area (Å²) in [6.07, 6.45) is 6.31. The number of pyridine rings is 1. The van der Waals surface area contributed by atoms with Crippen LogP contribution in [0, 0.1) is 0 Å². The lowest BCUT2D eigenvalue weighted by molar-refractivity contribution is -0.115. The second kappa shape index (κ2) is 7.53. The van der Waals surface area contributed by atoms with Crippen molar-refractivity contribution in [3.05, 3.63) is 29.3 Å². The number of amides is 2. The predicted octanol–water partition coefficient (Wildman–Crippen LogP) is 3.23. The summed E-state index contributed by atoms with van der Waals surface area (Å²) in [4.78, 5) is 29.2. The first-order valence-electron chi connectivity index (χ1n) is 8.20. The first-order valence-corrected chi connectivity index (χ1v) is 8.98. The average Bonchev–Trinajstić information content (AvgIpc) is 3.25. The Morgan fingerprint density at radius 2 is 2.08 bits per heavy atom. The van der Waals surface area contributed by atoms with Gasteiger partial charge in [0.15, 0.2) is 0 Å². The van der Waals surface area contributed by atoms with Crippen molar-refractivity contribution in [1.29, 1.82) is 0 Å². The highest BCUT2D eigenvalue weighted by molar-refractivity contribution is 7.09. The molecule has 7 heteroatoms. The molecule has 0 spiro atoms. The molecular weight excluding hydrogens is 324 g/mol. The largest absolute Gasteiger partial charge is 0.348 e. The van der Waals surface area contributed by atoms with E-state index >= 15 is 0 Å². The third-order valence-corrected chi connectivity index (χ3v) is 4.93. The fraction of sp³-hybridized carbons (Fsp3) is 0.412. The highest BCUT2D eigenvalue weighted by Gasteiger charge is 2.25. The van der Waals surface area contributed by atoms with Crippen LogP contribution in [0.1, 0.15) is 48.7 Å². The standard InChI is InChI=1S/C17H20N4O2S/c1-2-13(22)20-15-14(12-9-5-6-10-18-12)21-24-16(15)17(23)19-11-7-3-4-8-11/h5-6,9-11H,2-4,7-8H2,1H3,(H,19,23)(H,20,22). The first-order chi connectivity index (χ1) is 11.7. The van der Waals surface area contributed by atoms with Gasteiger partial charge in [0.2, 0.25) is 5.91 Å². The Bertz CT molecular complexity index is 723. The molecule has 0 unspecified atom stereocenters. The zero-order valence-electron chi connectivity index (χ0n) is 13.5. The van der Waals surface area contributed by atoms with Gasteiger partial charge in [0.25, 0.3) is 5.91 Å². The highest BCUT2D eigenvalue weighted by atomic mass is 32.1. The molecule has 126 valence electrons. The van der Waals surface area contributed by atoms with E-state index in [2.05, 4.69) is 20.0 Å². The molecule has 0 bridgehead atoms. The van der Waals surface area contributed by atoms with E-state index in [1.54, 1.807) is 13.1 Å². The molecule has 0 aromatic carbocycles. The van der Waals surface area contributed by atoms with Crippen LogP contribution in [0.3, 0.4) is 0 Å². The second-order valence-electron chi connectivity index (χ2n) is 5.81. The quantitative estimate of drug-likeness (QED) is 0.872. The molecule has 3 rings (SSSR count). The van der Waals surface area contributed by atoms with Crippen molar-refractivity contribution in [2.24, 2.45) is 0 Å². The lowest BCUT2D eigenvalue weighted by Crippen LogP contribution is -2.32. The fourth-order valence-electron chi connectivity index (χ4n) is 2.79. The van der Waals surface area contributed by atoms with Gasteiger partial charge >= 0.3 is 0 Å². The molecule has 0 atom stereocenters. The predicted molar refractivity (Wildman–Crippen MR) is 94.0 cm³/mol. The van der Waals surface area contributed by atoms with Crippen molar-refractivity contribution < 1.29 is 9.59 Å². The summed E-state index contributed by atoms with van der Waals surface area (Å²) in [5, 5.41) is 5.87. The van der Waals surface area contributed by atoms with Crippen molar-refractivity contribution in [1.82, 2.24) is 14.7 Å². The van der Waals surface area contributed by atoms with Crippen molar-refractivity contribution >= 4 is 29.0 Å². The number of anilines is 1. The molecule has 0 radical (unpaired) electrons. The zero-order valence-corrected chi connectivity index (χ0v) is 14.4. The molecule has 2 heterocycles. The van der Waals surface area contributed by atoms with Crippen LogP contribution >= 0.6 is 11.5 Å². The van der Waals surface area contributed by atoms with Crippen LogP contribution < -0.4 is 10.6 Å². The van der Waals surface area contributed by atoms with E-state index in [4.69, 9.17) is 0 Å². The number of hydrogen-bond donors (Lipinski definition) is 2. The molecule has 1 aliphatic carbocycles. The smallest absolute Gasteiger partial charge is 0.265 e. The zero-order chi connectivity index (χ0) is 16.9. The van der Waals surface area contributed by atoms with Crippen LogP contribution in [0.5, 0.6) is 0 Å². The van der Waals surface area contributed by atoms with Gasteiger partial charge in [-0.2, -0.15) is 4.37 Å². The Morgan fingerprint density at radius 3 is 2.75 bits per heavy atom. The van der Waals surface area contributed by atoms with Gasteiger partial charge in [0.1, 0.15) is 10.6 Å². The molecule has 24 heavy (non-hydrogen) atoms. The molecule has 2 amide bonds. The van der Waals surface area contributed by atoms with Gasteiger partial charge in [0, 0.05) is 18.7 Å². The maximum Gasteiger partial charge on any atom is 0.265 e. The number of hydrogen-bond acceptors (Lipinski definition) is 5. The van der Waals surface area contributed by atoms with Gasteiger partial charge in [-0.1, -0.05) is 25.8 Å². The summed E-state index contributed by atoms with van der Waals surface area (Å²) in [6, 6.07) is 5.70. The monoisotopic (exact) mass is 344 g/mol. The molecule has 2 aromatic heterocycles. The number of aromatic nitrogens is 2. The SMILES string of the molecule is CCC(=O)Nc1c(-c2ccccn2)nsc1C(=O)NC1CCCC1. The summed E-state index contributed by atoms with van der Waals surface area (Å²) in [5.74, 6) is -0.324. The minimum absolute atomic E-state index is 0.151. The number of nitrogens with zero attached hydrogens (tertiary/aromatic N) is 2. The van der Waals surface area contributed by atoms with Crippen LogP contribution in [-0.4, -0.2) is 27.2 Å². The van der Waals surface area contributed by atoms with Crippen LogP contribution in [0.25, 0.3) is 11.4 Å². The summed E-state index contributed by atoms with van der Waals surface area (Å²) in [6.45, 7) is 1.77. The third kappa shape index (κ3) is 3.62. The van der Waals surface area contributed by atoms with Crippen molar-refractivity contribution in [3.63, 3.8) is 0 Å². The molecular formula is C17H20N4O2S. The molecule has 1 saturated carbocycles. The van der Waals surface area contributed by atoms with E-state index in [9.17, 15) is 9.59 Å². The maximum absolute atomic E-state index is 12.6. The minimum atomic E-state index is -0.173. The summed E-state index contributed by atoms with van der Waals surface area (Å²) >= 11 is 1.10. The molecule has 0 aliphatic heterocycles. The number of carbonyl (C=O) groups is 2. The molecule has 6 nitrogen and oxygen atoms in total. The van der Waals surface area contributed by atoms with Gasteiger partial charge in [-0.15, -0.1) is 0 Å². The van der Waals surface area contributed by atoms with Crippen LogP contribution in [0.4, 0.5) is 5.69 Å². The Balaban J connectivity index is 1.91. The van der Waals surface area contributed by atoms with Crippen LogP contribution in [-0.2, 0) is 4.79 Å². The lowest BCUT2D eigenvalue weighted by Gasteiger charge is -2.12. The highest BCUT2D eigenvalue weighted by Crippen LogP contribution is 2.33. The maximum atomic E-state index is 12.6. The Hall–Kier alpha value is -2.28. The van der Waals surface area contributed by atoms with E-state index in [-0.39, 0.29) is 17.9 Å². The topological polar surface area (TPSA) is 84.0 Å². The van der Waals surface area contributed by atoms with Crippen molar-refractivity contribution in [2.75, 3.05) is 5.32 Å². The van der Waals surface area contributed by atoms with E-state index in [0.717, 1.165) is 37.2 Å². The molecule has 2 aromatic rings. The van der Waals surface area contributed by atoms with Gasteiger partial charge in [-0.25, -0.2) is 0 Å². The van der Waals surface area contributed by atoms with Crippen molar-refractivity contribution in [3.8, 4) is 11.4 Å². The minimum Gasteiger partial charge on any atom is -0.348 e. The summed E-state index contributed by atoms with van der Waals surface area (Å²) in [7, 11) is 0. The van der Waals surface area contributed by atoms with E-state index in [0.29, 0.717) is 28.4 Å². The number of carbonyl (C=O) groups excluding carboxylic acids is 2. The molecule has 0 saturated heterocycles. The summed E-state index contributed by atoms with van der Waals surface area (Å²) < 4.78 is 4.37. The van der Waals surface area contributed by atoms with Crippen LogP contribution in [0.15, 0.2) is 24.4 Å². The molecule has 2 N–H and O–H groups in total. The molecule has 1 aliphatic rings. The van der Waals surface area contributed by atoms with Gasteiger partial charge in [-0.3, -0.25) is 14.6 Å². The summed E-state index contributed by atoms with van der Waals surface area (Å²) in [5.41, 5.74) is 1.64. The van der Waals surface area contributed by atoms with Gasteiger partial charge < -0.3 is 10.6 Å². The van der Waals surface area contributed by atoms with E-state index in [1.165, 1.54) is 0 Å². The van der Waals surface area contributed by atoms with Crippen molar-refractivity contribution in [2.45, 2.75) is 45.1 Å². The Kier molecular flexibility index (Phi) is 5.20. The normalized spacial score (nSPS) is 14.5. The van der Waals surface area contributed by atoms with Gasteiger partial charge in [-0.05, 0) is 36.5 Å². The average molecular weight is 344 g/mol. The third-order valence-electron chi connectivity index (χ3n) is 4.08. The number of rotatable bonds is 5. The van der Waals surface area contributed by atoms with E-state index < -0.39 is 0 Å². The Morgan fingerprint density at radius 1 is 1.29 bits per heavy atom. The van der Waals surface area contributed by atoms with Crippen LogP contribution in [0.2, 0.25) is 0 Å². The lowest BCUT2D eigenvalue weighted by atomic mass is 10.2. The number of nitrogens with one attached hydrogen (secondary N) is 2. The molecule has 1 fully saturated rings. The second-order valence-corrected chi connectivity index (χ2v) is 6.58.